The minimum absolute atomic E-state index is 1.03. The third-order valence-corrected chi connectivity index (χ3v) is 1.49. The largest absolute Gasteiger partial charge is 0.263 e. The number of pyridine rings is 1. The molecule has 1 aromatic rings. The van der Waals surface area contributed by atoms with Crippen LogP contribution < -0.4 is 0 Å². The number of hydrogen-bond donors (Lipinski definition) is 0. The van der Waals surface area contributed by atoms with Gasteiger partial charge in [0.15, 0.2) is 0 Å². The van der Waals surface area contributed by atoms with Gasteiger partial charge in [-0.25, -0.2) is 0 Å². The molecule has 0 saturated carbocycles. The second-order valence-corrected chi connectivity index (χ2v) is 2.64. The van der Waals surface area contributed by atoms with Crippen LogP contribution in [0.25, 0.3) is 0 Å². The van der Waals surface area contributed by atoms with E-state index in [-0.39, 0.29) is 0 Å². The summed E-state index contributed by atoms with van der Waals surface area (Å²) in [5.74, 6) is 0. The van der Waals surface area contributed by atoms with Crippen molar-refractivity contribution in [2.75, 3.05) is 0 Å². The van der Waals surface area contributed by atoms with E-state index in [1.165, 1.54) is 0 Å². The van der Waals surface area contributed by atoms with Gasteiger partial charge in [0.1, 0.15) is 0 Å². The Kier molecular flexibility index (Phi) is 2.22. The predicted octanol–water partition coefficient (Wildman–Crippen LogP) is 2.42. The van der Waals surface area contributed by atoms with E-state index in [1.54, 1.807) is 6.20 Å². The molecule has 0 bridgehead atoms. The van der Waals surface area contributed by atoms with E-state index in [0.29, 0.717) is 0 Å². The molecular weight excluding hydrogens is 178 g/mol. The summed E-state index contributed by atoms with van der Waals surface area (Å²) in [7, 11) is 0. The monoisotopic (exact) mass is 184 g/mol. The first-order valence-electron chi connectivity index (χ1n) is 2.73. The predicted molar refractivity (Wildman–Crippen MR) is 41.0 cm³/mol. The Morgan fingerprint density at radius 3 is 2.78 bits per heavy atom. The normalized spacial score (nSPS) is 9.56. The van der Waals surface area contributed by atoms with Crippen molar-refractivity contribution in [1.82, 2.24) is 4.98 Å². The molecule has 0 spiro atoms. The topological polar surface area (TPSA) is 12.9 Å². The van der Waals surface area contributed by atoms with Gasteiger partial charge in [0.05, 0.1) is 0 Å². The minimum atomic E-state index is 1.03. The first-order chi connectivity index (χ1) is 4.33. The van der Waals surface area contributed by atoms with Crippen LogP contribution in [0.2, 0.25) is 0 Å². The SMILES string of the molecule is C[CH]c1cncc(Br)c1. The number of aromatic nitrogens is 1. The van der Waals surface area contributed by atoms with Gasteiger partial charge in [0.25, 0.3) is 0 Å². The summed E-state index contributed by atoms with van der Waals surface area (Å²) >= 11 is 3.32. The van der Waals surface area contributed by atoms with Crippen molar-refractivity contribution in [3.05, 3.63) is 34.9 Å². The van der Waals surface area contributed by atoms with Crippen LogP contribution in [0.3, 0.4) is 0 Å². The lowest BCUT2D eigenvalue weighted by molar-refractivity contribution is 1.25. The number of rotatable bonds is 1. The molecule has 47 valence electrons. The highest BCUT2D eigenvalue weighted by molar-refractivity contribution is 9.10. The van der Waals surface area contributed by atoms with Crippen molar-refractivity contribution in [3.63, 3.8) is 0 Å². The summed E-state index contributed by atoms with van der Waals surface area (Å²) < 4.78 is 1.03. The van der Waals surface area contributed by atoms with Crippen molar-refractivity contribution >= 4 is 15.9 Å². The Balaban J connectivity index is 2.94. The van der Waals surface area contributed by atoms with Crippen LogP contribution >= 0.6 is 15.9 Å². The van der Waals surface area contributed by atoms with Gasteiger partial charge in [0, 0.05) is 16.9 Å². The number of hydrogen-bond acceptors (Lipinski definition) is 1. The quantitative estimate of drug-likeness (QED) is 0.654. The fraction of sp³-hybridized carbons (Fsp3) is 0.143. The first-order valence-corrected chi connectivity index (χ1v) is 3.52. The highest BCUT2D eigenvalue weighted by atomic mass is 79.9. The molecule has 1 rings (SSSR count). The average Bonchev–Trinajstić information content (AvgIpc) is 1.88. The Hall–Kier alpha value is -0.370. The van der Waals surface area contributed by atoms with Crippen LogP contribution in [0.1, 0.15) is 12.5 Å². The van der Waals surface area contributed by atoms with Gasteiger partial charge in [-0.15, -0.1) is 0 Å². The van der Waals surface area contributed by atoms with E-state index < -0.39 is 0 Å². The van der Waals surface area contributed by atoms with E-state index >= 15 is 0 Å². The lowest BCUT2D eigenvalue weighted by Crippen LogP contribution is -1.78. The average molecular weight is 185 g/mol. The third kappa shape index (κ3) is 1.79. The van der Waals surface area contributed by atoms with E-state index in [9.17, 15) is 0 Å². The molecule has 0 saturated heterocycles. The summed E-state index contributed by atoms with van der Waals surface area (Å²) in [4.78, 5) is 3.98. The molecule has 1 heterocycles. The standard InChI is InChI=1S/C7H7BrN/c1-2-6-3-7(8)5-9-4-6/h2-5H,1H3. The molecule has 0 amide bonds. The molecule has 9 heavy (non-hydrogen) atoms. The van der Waals surface area contributed by atoms with Crippen LogP contribution in [-0.2, 0) is 0 Å². The first kappa shape index (κ1) is 6.75. The maximum Gasteiger partial charge on any atom is 0.0410 e. The Morgan fingerprint density at radius 1 is 1.56 bits per heavy atom. The third-order valence-electron chi connectivity index (χ3n) is 1.06. The van der Waals surface area contributed by atoms with Gasteiger partial charge in [-0.2, -0.15) is 0 Å². The highest BCUT2D eigenvalue weighted by Gasteiger charge is 1.88. The molecule has 1 aromatic heterocycles. The van der Waals surface area contributed by atoms with E-state index in [4.69, 9.17) is 0 Å². The zero-order chi connectivity index (χ0) is 6.69. The van der Waals surface area contributed by atoms with Gasteiger partial charge in [-0.05, 0) is 34.0 Å². The number of nitrogens with zero attached hydrogens (tertiary/aromatic N) is 1. The molecule has 0 unspecified atom stereocenters. The lowest BCUT2D eigenvalue weighted by Gasteiger charge is -1.92. The molecule has 0 fully saturated rings. The van der Waals surface area contributed by atoms with Gasteiger partial charge in [0.2, 0.25) is 0 Å². The van der Waals surface area contributed by atoms with Crippen LogP contribution in [0.5, 0.6) is 0 Å². The van der Waals surface area contributed by atoms with Gasteiger partial charge < -0.3 is 0 Å². The zero-order valence-corrected chi connectivity index (χ0v) is 6.72. The fourth-order valence-corrected chi connectivity index (χ4v) is 0.969. The minimum Gasteiger partial charge on any atom is -0.263 e. The van der Waals surface area contributed by atoms with Crippen molar-refractivity contribution in [3.8, 4) is 0 Å². The van der Waals surface area contributed by atoms with Gasteiger partial charge >= 0.3 is 0 Å². The second-order valence-electron chi connectivity index (χ2n) is 1.73. The summed E-state index contributed by atoms with van der Waals surface area (Å²) in [6.07, 6.45) is 5.61. The second kappa shape index (κ2) is 2.97. The summed E-state index contributed by atoms with van der Waals surface area (Å²) in [5.41, 5.74) is 1.14. The zero-order valence-electron chi connectivity index (χ0n) is 5.13. The fourth-order valence-electron chi connectivity index (χ4n) is 0.586. The molecule has 1 nitrogen and oxygen atoms in total. The van der Waals surface area contributed by atoms with Crippen LogP contribution in [0, 0.1) is 6.42 Å². The molecule has 2 heteroatoms. The Bertz CT molecular complexity index is 198. The molecule has 0 N–H and O–H groups in total. The van der Waals surface area contributed by atoms with E-state index in [1.807, 2.05) is 25.6 Å². The Morgan fingerprint density at radius 2 is 2.33 bits per heavy atom. The smallest absolute Gasteiger partial charge is 0.0410 e. The molecule has 0 aromatic carbocycles. The van der Waals surface area contributed by atoms with Crippen LogP contribution in [0.15, 0.2) is 22.9 Å². The van der Waals surface area contributed by atoms with Gasteiger partial charge in [-0.3, -0.25) is 4.98 Å². The van der Waals surface area contributed by atoms with Crippen molar-refractivity contribution in [1.29, 1.82) is 0 Å². The Labute approximate surface area is 63.2 Å². The lowest BCUT2D eigenvalue weighted by atomic mass is 10.2. The summed E-state index contributed by atoms with van der Waals surface area (Å²) in [6.45, 7) is 1.99. The number of halogens is 1. The molecule has 0 aliphatic rings. The maximum atomic E-state index is 3.98. The molecule has 0 aliphatic heterocycles. The van der Waals surface area contributed by atoms with Gasteiger partial charge in [-0.1, -0.05) is 6.92 Å². The van der Waals surface area contributed by atoms with Crippen molar-refractivity contribution in [2.45, 2.75) is 6.92 Å². The van der Waals surface area contributed by atoms with Crippen molar-refractivity contribution < 1.29 is 0 Å². The van der Waals surface area contributed by atoms with Crippen molar-refractivity contribution in [2.24, 2.45) is 0 Å². The molecule has 1 radical (unpaired) electrons. The van der Waals surface area contributed by atoms with Crippen LogP contribution in [0.4, 0.5) is 0 Å². The highest BCUT2D eigenvalue weighted by Crippen LogP contribution is 2.09. The molecule has 0 atom stereocenters. The maximum absolute atomic E-state index is 3.98. The van der Waals surface area contributed by atoms with E-state index in [0.717, 1.165) is 10.0 Å². The molecular formula is C7H7BrN. The van der Waals surface area contributed by atoms with Crippen LogP contribution in [-0.4, -0.2) is 4.98 Å². The van der Waals surface area contributed by atoms with E-state index in [2.05, 4.69) is 20.9 Å². The summed E-state index contributed by atoms with van der Waals surface area (Å²) in [5, 5.41) is 0. The molecule has 0 aliphatic carbocycles. The summed E-state index contributed by atoms with van der Waals surface area (Å²) in [6, 6.07) is 2.02.